The molecule has 6 heteroatoms. The van der Waals surface area contributed by atoms with Crippen LogP contribution in [0.1, 0.15) is 42.5 Å². The third kappa shape index (κ3) is 4.54. The number of benzene rings is 1. The van der Waals surface area contributed by atoms with Crippen molar-refractivity contribution in [3.63, 3.8) is 0 Å². The molecule has 1 aromatic carbocycles. The zero-order valence-corrected chi connectivity index (χ0v) is 15.7. The number of aromatic nitrogens is 1. The van der Waals surface area contributed by atoms with Gasteiger partial charge in [0.2, 0.25) is 0 Å². The molecule has 2 rings (SSSR count). The fourth-order valence-corrected chi connectivity index (χ4v) is 3.10. The Morgan fingerprint density at radius 2 is 2.00 bits per heavy atom. The van der Waals surface area contributed by atoms with E-state index in [9.17, 15) is 4.79 Å². The Balaban J connectivity index is 1.95. The molecule has 1 N–H and O–H groups in total. The smallest absolute Gasteiger partial charge is 0.317 e. The number of thioether (sulfide) groups is 1. The number of hydrogen-bond acceptors (Lipinski definition) is 4. The molecule has 0 aliphatic carbocycles. The van der Waals surface area contributed by atoms with E-state index < -0.39 is 0 Å². The van der Waals surface area contributed by atoms with E-state index in [-0.39, 0.29) is 12.1 Å². The van der Waals surface area contributed by atoms with Gasteiger partial charge in [-0.1, -0.05) is 24.2 Å². The van der Waals surface area contributed by atoms with Crippen molar-refractivity contribution in [3.05, 3.63) is 46.8 Å². The van der Waals surface area contributed by atoms with Crippen molar-refractivity contribution < 1.29 is 9.32 Å². The van der Waals surface area contributed by atoms with E-state index in [2.05, 4.69) is 41.7 Å². The van der Waals surface area contributed by atoms with E-state index in [0.29, 0.717) is 6.54 Å². The lowest BCUT2D eigenvalue weighted by Crippen LogP contribution is -2.38. The van der Waals surface area contributed by atoms with Crippen molar-refractivity contribution in [1.82, 2.24) is 15.4 Å². The minimum absolute atomic E-state index is 0.0507. The zero-order valence-electron chi connectivity index (χ0n) is 14.9. The summed E-state index contributed by atoms with van der Waals surface area (Å²) in [5, 5.41) is 6.95. The number of hydrogen-bond donors (Lipinski definition) is 1. The summed E-state index contributed by atoms with van der Waals surface area (Å²) in [6, 6.07) is 8.16. The molecule has 0 unspecified atom stereocenters. The van der Waals surface area contributed by atoms with Crippen LogP contribution in [-0.4, -0.2) is 28.9 Å². The van der Waals surface area contributed by atoms with Crippen LogP contribution in [0.5, 0.6) is 0 Å². The topological polar surface area (TPSA) is 58.4 Å². The van der Waals surface area contributed by atoms with Crippen LogP contribution in [0.3, 0.4) is 0 Å². The fourth-order valence-electron chi connectivity index (χ4n) is 2.43. The van der Waals surface area contributed by atoms with E-state index in [1.807, 2.05) is 32.5 Å². The number of amides is 2. The molecule has 0 radical (unpaired) electrons. The van der Waals surface area contributed by atoms with Gasteiger partial charge in [-0.15, -0.1) is 11.8 Å². The van der Waals surface area contributed by atoms with Crippen LogP contribution in [0.2, 0.25) is 0 Å². The molecule has 0 aliphatic heterocycles. The molecule has 1 heterocycles. The maximum atomic E-state index is 12.4. The Bertz CT molecular complexity index is 663. The summed E-state index contributed by atoms with van der Waals surface area (Å²) < 4.78 is 5.15. The summed E-state index contributed by atoms with van der Waals surface area (Å²) in [4.78, 5) is 15.3. The average molecular weight is 347 g/mol. The van der Waals surface area contributed by atoms with Crippen molar-refractivity contribution in [3.8, 4) is 0 Å². The molecule has 2 amide bonds. The quantitative estimate of drug-likeness (QED) is 0.791. The van der Waals surface area contributed by atoms with Crippen LogP contribution in [0, 0.1) is 13.8 Å². The van der Waals surface area contributed by atoms with Crippen molar-refractivity contribution in [2.75, 3.05) is 12.8 Å². The first kappa shape index (κ1) is 18.4. The molecule has 1 aromatic heterocycles. The molecule has 0 fully saturated rings. The van der Waals surface area contributed by atoms with Gasteiger partial charge in [-0.2, -0.15) is 0 Å². The van der Waals surface area contributed by atoms with E-state index in [0.717, 1.165) is 28.3 Å². The van der Waals surface area contributed by atoms with Gasteiger partial charge < -0.3 is 14.7 Å². The molecule has 5 nitrogen and oxygen atoms in total. The van der Waals surface area contributed by atoms with Gasteiger partial charge in [-0.05, 0) is 44.2 Å². The molecule has 0 saturated heterocycles. The van der Waals surface area contributed by atoms with Gasteiger partial charge in [-0.3, -0.25) is 0 Å². The third-order valence-electron chi connectivity index (χ3n) is 3.95. The molecule has 2 aromatic rings. The van der Waals surface area contributed by atoms with Crippen molar-refractivity contribution in [1.29, 1.82) is 0 Å². The summed E-state index contributed by atoms with van der Waals surface area (Å²) in [7, 11) is 1.77. The van der Waals surface area contributed by atoms with Crippen LogP contribution in [0.15, 0.2) is 33.7 Å². The van der Waals surface area contributed by atoms with Gasteiger partial charge in [0.1, 0.15) is 5.76 Å². The van der Waals surface area contributed by atoms with Gasteiger partial charge in [0.05, 0.1) is 18.3 Å². The summed E-state index contributed by atoms with van der Waals surface area (Å²) in [6.07, 6.45) is 0. The first-order valence-electron chi connectivity index (χ1n) is 8.08. The van der Waals surface area contributed by atoms with Crippen molar-refractivity contribution in [2.45, 2.75) is 45.2 Å². The normalized spacial score (nSPS) is 12.0. The van der Waals surface area contributed by atoms with Crippen molar-refractivity contribution >= 4 is 17.8 Å². The van der Waals surface area contributed by atoms with Gasteiger partial charge >= 0.3 is 6.03 Å². The second-order valence-corrected chi connectivity index (χ2v) is 7.17. The predicted octanol–water partition coefficient (Wildman–Crippen LogP) is 4.31. The highest BCUT2D eigenvalue weighted by Crippen LogP contribution is 2.21. The summed E-state index contributed by atoms with van der Waals surface area (Å²) >= 11 is 1.81. The Morgan fingerprint density at radius 3 is 2.54 bits per heavy atom. The zero-order chi connectivity index (χ0) is 17.7. The highest BCUT2D eigenvalue weighted by Gasteiger charge is 2.17. The van der Waals surface area contributed by atoms with Gasteiger partial charge in [0.15, 0.2) is 0 Å². The lowest BCUT2D eigenvalue weighted by molar-refractivity contribution is 0.203. The molecule has 0 bridgehead atoms. The Kier molecular flexibility index (Phi) is 6.31. The predicted molar refractivity (Wildman–Crippen MR) is 97.2 cm³/mol. The lowest BCUT2D eigenvalue weighted by atomic mass is 10.1. The van der Waals surface area contributed by atoms with E-state index in [1.165, 1.54) is 4.90 Å². The van der Waals surface area contributed by atoms with Gasteiger partial charge in [0, 0.05) is 17.5 Å². The minimum Gasteiger partial charge on any atom is -0.361 e. The molecule has 0 aliphatic rings. The molecule has 0 saturated carbocycles. The summed E-state index contributed by atoms with van der Waals surface area (Å²) in [6.45, 7) is 8.35. The van der Waals surface area contributed by atoms with Crippen LogP contribution >= 0.6 is 11.8 Å². The molecule has 0 spiro atoms. The SMILES string of the molecule is CCSc1ccc([C@@H](C)NC(=O)N(C)Cc2c(C)noc2C)cc1. The number of urea groups is 1. The Labute approximate surface area is 147 Å². The van der Waals surface area contributed by atoms with E-state index >= 15 is 0 Å². The second-order valence-electron chi connectivity index (χ2n) is 5.83. The average Bonchev–Trinajstić information content (AvgIpc) is 2.87. The highest BCUT2D eigenvalue weighted by molar-refractivity contribution is 7.99. The first-order valence-corrected chi connectivity index (χ1v) is 9.07. The fraction of sp³-hybridized carbons (Fsp3) is 0.444. The number of aryl methyl sites for hydroxylation is 2. The molecule has 1 atom stereocenters. The van der Waals surface area contributed by atoms with Gasteiger partial charge in [-0.25, -0.2) is 4.79 Å². The third-order valence-corrected chi connectivity index (χ3v) is 4.85. The standard InChI is InChI=1S/C18H25N3O2S/c1-6-24-16-9-7-15(8-10-16)12(2)19-18(22)21(5)11-17-13(3)20-23-14(17)4/h7-10,12H,6,11H2,1-5H3,(H,19,22)/t12-/m1/s1. The summed E-state index contributed by atoms with van der Waals surface area (Å²) in [5.41, 5.74) is 2.87. The maximum Gasteiger partial charge on any atom is 0.317 e. The minimum atomic E-state index is -0.116. The molecule has 24 heavy (non-hydrogen) atoms. The van der Waals surface area contributed by atoms with Crippen LogP contribution in [0.4, 0.5) is 4.79 Å². The Morgan fingerprint density at radius 1 is 1.33 bits per heavy atom. The van der Waals surface area contributed by atoms with Crippen LogP contribution in [0.25, 0.3) is 0 Å². The highest BCUT2D eigenvalue weighted by atomic mass is 32.2. The van der Waals surface area contributed by atoms with Gasteiger partial charge in [0.25, 0.3) is 0 Å². The first-order chi connectivity index (χ1) is 11.4. The second kappa shape index (κ2) is 8.24. The summed E-state index contributed by atoms with van der Waals surface area (Å²) in [5.74, 6) is 1.81. The number of rotatable bonds is 6. The molecule has 130 valence electrons. The van der Waals surface area contributed by atoms with Crippen LogP contribution < -0.4 is 5.32 Å². The monoisotopic (exact) mass is 347 g/mol. The largest absolute Gasteiger partial charge is 0.361 e. The van der Waals surface area contributed by atoms with Crippen LogP contribution in [-0.2, 0) is 6.54 Å². The number of nitrogens with one attached hydrogen (secondary N) is 1. The number of nitrogens with zero attached hydrogens (tertiary/aromatic N) is 2. The van der Waals surface area contributed by atoms with E-state index in [1.54, 1.807) is 11.9 Å². The maximum absolute atomic E-state index is 12.4. The Hall–Kier alpha value is -1.95. The van der Waals surface area contributed by atoms with E-state index in [4.69, 9.17) is 4.52 Å². The number of carbonyl (C=O) groups excluding carboxylic acids is 1. The lowest BCUT2D eigenvalue weighted by Gasteiger charge is -2.21. The number of carbonyl (C=O) groups is 1. The molecular formula is C18H25N3O2S. The van der Waals surface area contributed by atoms with Crippen molar-refractivity contribution in [2.24, 2.45) is 0 Å². The molecular weight excluding hydrogens is 322 g/mol.